The van der Waals surface area contributed by atoms with E-state index in [-0.39, 0.29) is 22.6 Å². The van der Waals surface area contributed by atoms with E-state index in [9.17, 15) is 29.2 Å². The van der Waals surface area contributed by atoms with Crippen LogP contribution in [-0.4, -0.2) is 59.5 Å². The molecule has 4 rings (SSSR count). The number of esters is 4. The highest BCUT2D eigenvalue weighted by atomic mass is 16.7. The number of nitrogens with zero attached hydrogens (tertiary/aromatic N) is 2. The van der Waals surface area contributed by atoms with Crippen molar-refractivity contribution >= 4 is 29.6 Å². The van der Waals surface area contributed by atoms with Gasteiger partial charge in [0.15, 0.2) is 24.5 Å². The predicted octanol–water partition coefficient (Wildman–Crippen LogP) is 2.48. The van der Waals surface area contributed by atoms with Crippen molar-refractivity contribution in [1.29, 1.82) is 5.26 Å². The molecule has 5 atom stereocenters. The second kappa shape index (κ2) is 13.3. The molecule has 230 valence electrons. The molecule has 0 saturated carbocycles. The molecule has 0 spiro atoms. The molecule has 1 aliphatic heterocycles. The second-order valence-corrected chi connectivity index (χ2v) is 9.79. The molecular formula is C30H29N3O11. The second-order valence-electron chi connectivity index (χ2n) is 9.79. The number of hydrogen-bond acceptors (Lipinski definition) is 13. The number of nitriles is 1. The van der Waals surface area contributed by atoms with Gasteiger partial charge in [-0.25, -0.2) is 0 Å². The fourth-order valence-corrected chi connectivity index (χ4v) is 4.90. The minimum Gasteiger partial charge on any atom is -0.464 e. The van der Waals surface area contributed by atoms with E-state index in [1.165, 1.54) is 12.3 Å². The summed E-state index contributed by atoms with van der Waals surface area (Å²) in [6.45, 7) is 3.90. The lowest BCUT2D eigenvalue weighted by atomic mass is 9.95. The molecule has 0 aliphatic carbocycles. The van der Waals surface area contributed by atoms with E-state index < -0.39 is 66.7 Å². The lowest BCUT2D eigenvalue weighted by Crippen LogP contribution is -2.61. The van der Waals surface area contributed by atoms with Gasteiger partial charge in [0, 0.05) is 38.9 Å². The van der Waals surface area contributed by atoms with Crippen molar-refractivity contribution in [3.63, 3.8) is 0 Å². The Labute approximate surface area is 250 Å². The van der Waals surface area contributed by atoms with Crippen LogP contribution in [0.4, 0.5) is 5.69 Å². The summed E-state index contributed by atoms with van der Waals surface area (Å²) in [5.41, 5.74) is 5.87. The Hall–Kier alpha value is -5.42. The number of carbonyl (C=O) groups is 4. The number of hydrogen-bond donors (Lipinski definition) is 1. The number of nitrogen functional groups attached to an aromatic ring is 1. The Balaban J connectivity index is 2.04. The molecule has 1 aliphatic rings. The van der Waals surface area contributed by atoms with E-state index >= 15 is 0 Å². The Morgan fingerprint density at radius 3 is 2.07 bits per heavy atom. The summed E-state index contributed by atoms with van der Waals surface area (Å²) >= 11 is 0. The fourth-order valence-electron chi connectivity index (χ4n) is 4.90. The molecule has 44 heavy (non-hydrogen) atoms. The number of rotatable bonds is 8. The minimum absolute atomic E-state index is 0.163. The van der Waals surface area contributed by atoms with Crippen LogP contribution in [0.2, 0.25) is 0 Å². The van der Waals surface area contributed by atoms with Crippen LogP contribution in [0.3, 0.4) is 0 Å². The van der Waals surface area contributed by atoms with Gasteiger partial charge in [0.2, 0.25) is 0 Å². The van der Waals surface area contributed by atoms with Crippen LogP contribution in [0, 0.1) is 11.3 Å². The van der Waals surface area contributed by atoms with Crippen molar-refractivity contribution in [2.45, 2.75) is 58.3 Å². The summed E-state index contributed by atoms with van der Waals surface area (Å²) in [5, 5.41) is 10.1. The average molecular weight is 608 g/mol. The third kappa shape index (κ3) is 6.79. The highest BCUT2D eigenvalue weighted by Crippen LogP contribution is 2.38. The van der Waals surface area contributed by atoms with Crippen molar-refractivity contribution < 1.29 is 47.3 Å². The van der Waals surface area contributed by atoms with Gasteiger partial charge in [-0.2, -0.15) is 5.26 Å². The third-order valence-electron chi connectivity index (χ3n) is 6.57. The number of nitrogens with two attached hydrogens (primary N) is 1. The Morgan fingerprint density at radius 1 is 0.909 bits per heavy atom. The van der Waals surface area contributed by atoms with Gasteiger partial charge >= 0.3 is 23.9 Å². The molecule has 3 aromatic rings. The van der Waals surface area contributed by atoms with Crippen LogP contribution < -0.4 is 11.3 Å². The maximum atomic E-state index is 14.2. The van der Waals surface area contributed by atoms with Crippen LogP contribution in [0.15, 0.2) is 57.9 Å². The van der Waals surface area contributed by atoms with E-state index in [2.05, 4.69) is 0 Å². The summed E-state index contributed by atoms with van der Waals surface area (Å²) < 4.78 is 34.5. The first-order valence-corrected chi connectivity index (χ1v) is 13.3. The predicted molar refractivity (Wildman–Crippen MR) is 150 cm³/mol. The summed E-state index contributed by atoms with van der Waals surface area (Å²) in [5.74, 6) is -2.97. The quantitative estimate of drug-likeness (QED) is 0.223. The van der Waals surface area contributed by atoms with Crippen molar-refractivity contribution in [1.82, 2.24) is 4.57 Å². The van der Waals surface area contributed by atoms with Crippen molar-refractivity contribution in [2.75, 3.05) is 12.3 Å². The van der Waals surface area contributed by atoms with E-state index in [1.807, 2.05) is 6.07 Å². The molecule has 3 heterocycles. The largest absolute Gasteiger partial charge is 0.464 e. The Kier molecular flexibility index (Phi) is 9.50. The third-order valence-corrected chi connectivity index (χ3v) is 6.57. The van der Waals surface area contributed by atoms with Crippen LogP contribution >= 0.6 is 0 Å². The van der Waals surface area contributed by atoms with Gasteiger partial charge in [-0.05, 0) is 35.9 Å². The molecule has 0 amide bonds. The number of anilines is 1. The van der Waals surface area contributed by atoms with Crippen molar-refractivity contribution in [3.8, 4) is 28.7 Å². The number of ether oxygens (including phenoxy) is 5. The van der Waals surface area contributed by atoms with Crippen LogP contribution in [0.5, 0.6) is 0 Å². The van der Waals surface area contributed by atoms with E-state index in [1.54, 1.807) is 36.4 Å². The SMILES string of the molecule is CC(=O)OC[C@H]1O[C@@H](n2c(-c3ccc(N)cc3)cc(-c3ccco3)c(C#N)c2=O)[C@H](OC(C)=O)[C@@H](OC(C)=O)[C@@H]1OC(C)=O. The topological polar surface area (TPSA) is 199 Å². The standard InChI is InChI=1S/C30H29N3O11/c1-15(34)40-14-25-26(41-16(2)35)27(42-17(3)36)28(43-18(4)37)30(44-25)33-23(19-7-9-20(32)10-8-19)12-21(22(13-31)29(33)38)24-6-5-11-39-24/h5-12,25-28,30H,14,32H2,1-4H3/t25-,26-,27+,28-,30-/m1/s1. The van der Waals surface area contributed by atoms with Crippen LogP contribution in [0.1, 0.15) is 39.5 Å². The first kappa shape index (κ1) is 31.5. The van der Waals surface area contributed by atoms with E-state index in [0.717, 1.165) is 32.3 Å². The number of carbonyl (C=O) groups excluding carboxylic acids is 4. The summed E-state index contributed by atoms with van der Waals surface area (Å²) in [6, 6.07) is 13.0. The van der Waals surface area contributed by atoms with Crippen molar-refractivity contribution in [3.05, 3.63) is 64.6 Å². The van der Waals surface area contributed by atoms with Crippen molar-refractivity contribution in [2.24, 2.45) is 0 Å². The van der Waals surface area contributed by atoms with Crippen LogP contribution in [0.25, 0.3) is 22.6 Å². The summed E-state index contributed by atoms with van der Waals surface area (Å²) in [4.78, 5) is 62.8. The van der Waals surface area contributed by atoms with E-state index in [4.69, 9.17) is 33.8 Å². The molecule has 0 unspecified atom stereocenters. The number of aromatic nitrogens is 1. The molecule has 14 nitrogen and oxygen atoms in total. The summed E-state index contributed by atoms with van der Waals surface area (Å²) in [6.07, 6.45) is -6.13. The Morgan fingerprint density at radius 2 is 1.52 bits per heavy atom. The molecular weight excluding hydrogens is 578 g/mol. The number of pyridine rings is 1. The highest BCUT2D eigenvalue weighted by molar-refractivity contribution is 5.74. The summed E-state index contributed by atoms with van der Waals surface area (Å²) in [7, 11) is 0. The molecule has 0 radical (unpaired) electrons. The monoisotopic (exact) mass is 607 g/mol. The molecule has 0 bridgehead atoms. The zero-order valence-corrected chi connectivity index (χ0v) is 24.2. The normalized spacial score (nSPS) is 21.0. The zero-order valence-electron chi connectivity index (χ0n) is 24.2. The van der Waals surface area contributed by atoms with Gasteiger partial charge in [-0.1, -0.05) is 12.1 Å². The molecule has 2 N–H and O–H groups in total. The van der Waals surface area contributed by atoms with Gasteiger partial charge in [-0.3, -0.25) is 28.5 Å². The first-order valence-electron chi connectivity index (χ1n) is 13.3. The van der Waals surface area contributed by atoms with Gasteiger partial charge in [0.25, 0.3) is 5.56 Å². The smallest absolute Gasteiger partial charge is 0.303 e. The first-order chi connectivity index (χ1) is 20.9. The lowest BCUT2D eigenvalue weighted by Gasteiger charge is -2.45. The molecule has 2 aromatic heterocycles. The minimum atomic E-state index is -1.60. The molecule has 1 saturated heterocycles. The molecule has 1 aromatic carbocycles. The average Bonchev–Trinajstić information content (AvgIpc) is 3.49. The van der Waals surface area contributed by atoms with Gasteiger partial charge < -0.3 is 33.8 Å². The van der Waals surface area contributed by atoms with Gasteiger partial charge in [0.05, 0.1) is 12.0 Å². The van der Waals surface area contributed by atoms with Crippen LogP contribution in [-0.2, 0) is 42.9 Å². The number of benzene rings is 1. The fraction of sp³-hybridized carbons (Fsp3) is 0.333. The number of furan rings is 1. The van der Waals surface area contributed by atoms with Gasteiger partial charge in [-0.15, -0.1) is 0 Å². The maximum absolute atomic E-state index is 14.2. The lowest BCUT2D eigenvalue weighted by molar-refractivity contribution is -0.268. The molecule has 14 heteroatoms. The Bertz CT molecular complexity index is 1650. The van der Waals surface area contributed by atoms with Gasteiger partial charge in [0.1, 0.15) is 30.1 Å². The zero-order chi connectivity index (χ0) is 32.1. The highest BCUT2D eigenvalue weighted by Gasteiger charge is 2.53. The van der Waals surface area contributed by atoms with E-state index in [0.29, 0.717) is 11.3 Å². The maximum Gasteiger partial charge on any atom is 0.303 e. The molecule has 1 fully saturated rings.